The summed E-state index contributed by atoms with van der Waals surface area (Å²) in [5.74, 6) is 0. The largest absolute Gasteiger partial charge is 0.250 e. The van der Waals surface area contributed by atoms with Crippen LogP contribution in [0.1, 0.15) is 10.6 Å². The Hall–Kier alpha value is -1.75. The van der Waals surface area contributed by atoms with Gasteiger partial charge in [-0.25, -0.2) is 18.1 Å². The number of nitrogens with one attached hydrogen (secondary N) is 1. The summed E-state index contributed by atoms with van der Waals surface area (Å²) in [5, 5.41) is 11.6. The predicted octanol–water partition coefficient (Wildman–Crippen LogP) is 1.54. The monoisotopic (exact) mass is 293 g/mol. The lowest BCUT2D eigenvalue weighted by atomic mass is 10.2. The highest BCUT2D eigenvalue weighted by Gasteiger charge is 2.17. The van der Waals surface area contributed by atoms with Crippen molar-refractivity contribution >= 4 is 21.4 Å². The van der Waals surface area contributed by atoms with E-state index in [2.05, 4.69) is 9.71 Å². The summed E-state index contributed by atoms with van der Waals surface area (Å²) in [6.07, 6.45) is 2.21. The van der Waals surface area contributed by atoms with Crippen LogP contribution in [0.5, 0.6) is 0 Å². The smallest absolute Gasteiger partial charge is 0.241 e. The Labute approximate surface area is 115 Å². The molecule has 0 aliphatic rings. The zero-order chi connectivity index (χ0) is 13.7. The molecule has 0 bridgehead atoms. The van der Waals surface area contributed by atoms with Crippen LogP contribution in [0.3, 0.4) is 0 Å². The highest BCUT2D eigenvalue weighted by Crippen LogP contribution is 2.14. The fourth-order valence-corrected chi connectivity index (χ4v) is 3.35. The fraction of sp³-hybridized carbons (Fsp3) is 0.167. The molecule has 0 fully saturated rings. The third kappa shape index (κ3) is 3.38. The quantitative estimate of drug-likeness (QED) is 0.906. The summed E-state index contributed by atoms with van der Waals surface area (Å²) in [4.78, 5) is 4.08. The third-order valence-electron chi connectivity index (χ3n) is 2.41. The van der Waals surface area contributed by atoms with Crippen molar-refractivity contribution in [3.05, 3.63) is 46.4 Å². The molecule has 0 aliphatic carbocycles. The van der Waals surface area contributed by atoms with Crippen LogP contribution in [0.15, 0.2) is 40.7 Å². The van der Waals surface area contributed by atoms with E-state index in [1.807, 2.05) is 11.4 Å². The minimum atomic E-state index is -3.65. The van der Waals surface area contributed by atoms with Crippen molar-refractivity contribution in [1.29, 1.82) is 5.26 Å². The van der Waals surface area contributed by atoms with Gasteiger partial charge in [0, 0.05) is 24.5 Å². The van der Waals surface area contributed by atoms with Crippen molar-refractivity contribution in [2.45, 2.75) is 11.3 Å². The minimum absolute atomic E-state index is 0.0108. The van der Waals surface area contributed by atoms with E-state index in [0.717, 1.165) is 5.01 Å². The molecule has 0 amide bonds. The number of nitrogens with zero attached hydrogens (tertiary/aromatic N) is 2. The number of thiazole rings is 1. The lowest BCUT2D eigenvalue weighted by Gasteiger charge is -2.07. The van der Waals surface area contributed by atoms with E-state index in [1.165, 1.54) is 23.5 Å². The van der Waals surface area contributed by atoms with Crippen molar-refractivity contribution in [3.63, 3.8) is 0 Å². The number of hydrogen-bond donors (Lipinski definition) is 1. The Kier molecular flexibility index (Phi) is 4.27. The Morgan fingerprint density at radius 1 is 1.37 bits per heavy atom. The van der Waals surface area contributed by atoms with Gasteiger partial charge in [-0.15, -0.1) is 11.3 Å². The molecule has 0 saturated heterocycles. The zero-order valence-corrected chi connectivity index (χ0v) is 11.5. The first-order valence-electron chi connectivity index (χ1n) is 5.50. The maximum atomic E-state index is 12.1. The molecule has 1 heterocycles. The van der Waals surface area contributed by atoms with Gasteiger partial charge < -0.3 is 0 Å². The average molecular weight is 293 g/mol. The molecule has 0 saturated carbocycles. The average Bonchev–Trinajstić information content (AvgIpc) is 2.91. The van der Waals surface area contributed by atoms with Gasteiger partial charge in [0.1, 0.15) is 6.07 Å². The molecule has 19 heavy (non-hydrogen) atoms. The molecule has 1 aromatic heterocycles. The van der Waals surface area contributed by atoms with Crippen molar-refractivity contribution in [1.82, 2.24) is 9.71 Å². The van der Waals surface area contributed by atoms with Crippen molar-refractivity contribution in [3.8, 4) is 6.07 Å². The highest BCUT2D eigenvalue weighted by molar-refractivity contribution is 7.89. The second kappa shape index (κ2) is 5.93. The van der Waals surface area contributed by atoms with E-state index in [-0.39, 0.29) is 17.0 Å². The lowest BCUT2D eigenvalue weighted by molar-refractivity contribution is 0.581. The van der Waals surface area contributed by atoms with Crippen molar-refractivity contribution < 1.29 is 8.42 Å². The van der Waals surface area contributed by atoms with Gasteiger partial charge in [0.25, 0.3) is 0 Å². The highest BCUT2D eigenvalue weighted by atomic mass is 32.2. The first kappa shape index (κ1) is 13.7. The van der Waals surface area contributed by atoms with Crippen LogP contribution in [0, 0.1) is 11.3 Å². The molecule has 0 spiro atoms. The minimum Gasteiger partial charge on any atom is -0.250 e. The Bertz CT molecular complexity index is 688. The van der Waals surface area contributed by atoms with E-state index >= 15 is 0 Å². The van der Waals surface area contributed by atoms with Crippen LogP contribution in [-0.2, 0) is 16.4 Å². The van der Waals surface area contributed by atoms with Crippen LogP contribution >= 0.6 is 11.3 Å². The zero-order valence-electron chi connectivity index (χ0n) is 9.91. The number of hydrogen-bond acceptors (Lipinski definition) is 5. The number of rotatable bonds is 5. The van der Waals surface area contributed by atoms with Crippen LogP contribution in [-0.4, -0.2) is 19.9 Å². The van der Waals surface area contributed by atoms with E-state index < -0.39 is 10.0 Å². The number of aromatic nitrogens is 1. The normalized spacial score (nSPS) is 11.1. The Morgan fingerprint density at radius 2 is 2.16 bits per heavy atom. The molecule has 0 unspecified atom stereocenters. The SMILES string of the molecule is N#Cc1ccccc1S(=O)(=O)NCCc1nccs1. The number of nitriles is 1. The van der Waals surface area contributed by atoms with Gasteiger partial charge in [-0.1, -0.05) is 12.1 Å². The second-order valence-corrected chi connectivity index (χ2v) is 6.40. The second-order valence-electron chi connectivity index (χ2n) is 3.68. The maximum Gasteiger partial charge on any atom is 0.241 e. The van der Waals surface area contributed by atoms with Gasteiger partial charge in [0.05, 0.1) is 15.5 Å². The Morgan fingerprint density at radius 3 is 2.84 bits per heavy atom. The summed E-state index contributed by atoms with van der Waals surface area (Å²) < 4.78 is 26.6. The molecule has 2 rings (SSSR count). The molecule has 1 N–H and O–H groups in total. The summed E-state index contributed by atoms with van der Waals surface area (Å²) in [6.45, 7) is 0.260. The predicted molar refractivity (Wildman–Crippen MR) is 72.2 cm³/mol. The van der Waals surface area contributed by atoms with E-state index in [1.54, 1.807) is 18.3 Å². The van der Waals surface area contributed by atoms with Gasteiger partial charge in [0.2, 0.25) is 10.0 Å². The molecule has 2 aromatic rings. The third-order valence-corrected chi connectivity index (χ3v) is 4.77. The molecule has 5 nitrogen and oxygen atoms in total. The topological polar surface area (TPSA) is 82.8 Å². The van der Waals surface area contributed by atoms with E-state index in [9.17, 15) is 8.42 Å². The van der Waals surface area contributed by atoms with Gasteiger partial charge in [-0.2, -0.15) is 5.26 Å². The first-order chi connectivity index (χ1) is 9.13. The molecular formula is C12H11N3O2S2. The summed E-state index contributed by atoms with van der Waals surface area (Å²) in [5.41, 5.74) is 0.143. The van der Waals surface area contributed by atoms with E-state index in [0.29, 0.717) is 6.42 Å². The Balaban J connectivity index is 2.08. The molecule has 0 radical (unpaired) electrons. The molecule has 7 heteroatoms. The molecular weight excluding hydrogens is 282 g/mol. The standard InChI is InChI=1S/C12H11N3O2S2/c13-9-10-3-1-2-4-11(10)19(16,17)15-6-5-12-14-7-8-18-12/h1-4,7-8,15H,5-6H2. The molecule has 98 valence electrons. The number of benzene rings is 1. The van der Waals surface area contributed by atoms with Gasteiger partial charge in [-0.05, 0) is 12.1 Å². The first-order valence-corrected chi connectivity index (χ1v) is 7.87. The van der Waals surface area contributed by atoms with Crippen LogP contribution < -0.4 is 4.72 Å². The summed E-state index contributed by atoms with van der Waals surface area (Å²) in [7, 11) is -3.65. The van der Waals surface area contributed by atoms with Crippen molar-refractivity contribution in [2.24, 2.45) is 0 Å². The lowest BCUT2D eigenvalue weighted by Crippen LogP contribution is -2.26. The molecule has 0 atom stereocenters. The maximum absolute atomic E-state index is 12.1. The van der Waals surface area contributed by atoms with Gasteiger partial charge in [0.15, 0.2) is 0 Å². The van der Waals surface area contributed by atoms with E-state index in [4.69, 9.17) is 5.26 Å². The molecule has 0 aliphatic heterocycles. The molecule has 1 aromatic carbocycles. The van der Waals surface area contributed by atoms with Crippen LogP contribution in [0.25, 0.3) is 0 Å². The fourth-order valence-electron chi connectivity index (χ4n) is 1.54. The van der Waals surface area contributed by atoms with Gasteiger partial charge in [-0.3, -0.25) is 0 Å². The van der Waals surface area contributed by atoms with Crippen LogP contribution in [0.2, 0.25) is 0 Å². The van der Waals surface area contributed by atoms with Crippen molar-refractivity contribution in [2.75, 3.05) is 6.54 Å². The number of sulfonamides is 1. The summed E-state index contributed by atoms with van der Waals surface area (Å²) in [6, 6.07) is 8.00. The summed E-state index contributed by atoms with van der Waals surface area (Å²) >= 11 is 1.48. The van der Waals surface area contributed by atoms with Crippen LogP contribution in [0.4, 0.5) is 0 Å². The van der Waals surface area contributed by atoms with Gasteiger partial charge >= 0.3 is 0 Å².